The van der Waals surface area contributed by atoms with E-state index in [0.29, 0.717) is 35.4 Å². The lowest BCUT2D eigenvalue weighted by atomic mass is 10.2. The van der Waals surface area contributed by atoms with Crippen molar-refractivity contribution in [3.63, 3.8) is 0 Å². The van der Waals surface area contributed by atoms with Crippen LogP contribution in [0.25, 0.3) is 0 Å². The van der Waals surface area contributed by atoms with Gasteiger partial charge in [0.25, 0.3) is 0 Å². The second-order valence-corrected chi connectivity index (χ2v) is 9.05. The minimum Gasteiger partial charge on any atom is -0.497 e. The van der Waals surface area contributed by atoms with Crippen LogP contribution in [0.3, 0.4) is 0 Å². The summed E-state index contributed by atoms with van der Waals surface area (Å²) < 4.78 is 38.0. The molecular formula is C22H26N2O6S. The molecule has 1 saturated heterocycles. The van der Waals surface area contributed by atoms with E-state index in [4.69, 9.17) is 9.47 Å². The van der Waals surface area contributed by atoms with E-state index in [0.717, 1.165) is 0 Å². The van der Waals surface area contributed by atoms with Crippen molar-refractivity contribution in [3.8, 4) is 5.75 Å². The van der Waals surface area contributed by atoms with Crippen LogP contribution in [0.2, 0.25) is 0 Å². The van der Waals surface area contributed by atoms with E-state index in [-0.39, 0.29) is 18.0 Å². The van der Waals surface area contributed by atoms with E-state index < -0.39 is 27.9 Å². The quantitative estimate of drug-likeness (QED) is 0.656. The zero-order valence-electron chi connectivity index (χ0n) is 17.8. The third-order valence-corrected chi connectivity index (χ3v) is 7.20. The Hall–Kier alpha value is -2.91. The van der Waals surface area contributed by atoms with E-state index in [2.05, 4.69) is 5.32 Å². The third-order valence-electron chi connectivity index (χ3n) is 5.15. The minimum absolute atomic E-state index is 0.130. The molecule has 0 radical (unpaired) electrons. The van der Waals surface area contributed by atoms with Gasteiger partial charge in [0.2, 0.25) is 15.9 Å². The van der Waals surface area contributed by atoms with Gasteiger partial charge in [-0.1, -0.05) is 6.07 Å². The molecule has 1 amide bonds. The standard InChI is InChI=1S/C22H26N2O6S/c1-4-30-22(26)16-8-10-17(11-9-16)23-21(25)19-6-5-13-24(19)31(27,28)20-14-18(29-3)12-7-15(20)2/h7-12,14,19H,4-6,13H2,1-3H3,(H,23,25). The Morgan fingerprint density at radius 1 is 1.16 bits per heavy atom. The van der Waals surface area contributed by atoms with Gasteiger partial charge in [-0.2, -0.15) is 4.31 Å². The Morgan fingerprint density at radius 3 is 2.52 bits per heavy atom. The highest BCUT2D eigenvalue weighted by Crippen LogP contribution is 2.30. The molecule has 166 valence electrons. The summed E-state index contributed by atoms with van der Waals surface area (Å²) in [6.07, 6.45) is 1.01. The van der Waals surface area contributed by atoms with Gasteiger partial charge in [-0.3, -0.25) is 4.79 Å². The summed E-state index contributed by atoms with van der Waals surface area (Å²) in [7, 11) is -2.41. The van der Waals surface area contributed by atoms with Gasteiger partial charge in [0.05, 0.1) is 24.2 Å². The molecule has 2 aromatic rings. The first-order valence-electron chi connectivity index (χ1n) is 10.0. The van der Waals surface area contributed by atoms with E-state index in [1.54, 1.807) is 50.2 Å². The minimum atomic E-state index is -3.88. The van der Waals surface area contributed by atoms with Gasteiger partial charge in [0.1, 0.15) is 11.8 Å². The van der Waals surface area contributed by atoms with Gasteiger partial charge in [-0.05, 0) is 62.6 Å². The largest absolute Gasteiger partial charge is 0.497 e. The number of carbonyl (C=O) groups excluding carboxylic acids is 2. The topological polar surface area (TPSA) is 102 Å². The van der Waals surface area contributed by atoms with Gasteiger partial charge in [0.15, 0.2) is 0 Å². The average Bonchev–Trinajstić information content (AvgIpc) is 3.26. The number of aryl methyl sites for hydroxylation is 1. The van der Waals surface area contributed by atoms with Gasteiger partial charge in [-0.15, -0.1) is 0 Å². The number of esters is 1. The number of hydrogen-bond donors (Lipinski definition) is 1. The van der Waals surface area contributed by atoms with Gasteiger partial charge >= 0.3 is 5.97 Å². The van der Waals surface area contributed by atoms with Crippen LogP contribution >= 0.6 is 0 Å². The fourth-order valence-electron chi connectivity index (χ4n) is 3.53. The number of amides is 1. The van der Waals surface area contributed by atoms with Crippen molar-refractivity contribution in [3.05, 3.63) is 53.6 Å². The van der Waals surface area contributed by atoms with E-state index in [1.165, 1.54) is 17.5 Å². The lowest BCUT2D eigenvalue weighted by Crippen LogP contribution is -2.43. The predicted octanol–water partition coefficient (Wildman–Crippen LogP) is 2.97. The summed E-state index contributed by atoms with van der Waals surface area (Å²) in [6, 6.07) is 10.3. The van der Waals surface area contributed by atoms with Crippen molar-refractivity contribution >= 4 is 27.6 Å². The molecule has 3 rings (SSSR count). The molecule has 0 aromatic heterocycles. The van der Waals surface area contributed by atoms with Gasteiger partial charge in [0, 0.05) is 18.3 Å². The first-order chi connectivity index (χ1) is 14.8. The highest BCUT2D eigenvalue weighted by atomic mass is 32.2. The van der Waals surface area contributed by atoms with Gasteiger partial charge in [-0.25, -0.2) is 13.2 Å². The van der Waals surface area contributed by atoms with Crippen LogP contribution in [-0.4, -0.2) is 50.9 Å². The Balaban J connectivity index is 1.78. The molecule has 0 bridgehead atoms. The monoisotopic (exact) mass is 446 g/mol. The molecule has 9 heteroatoms. The number of nitrogens with zero attached hydrogens (tertiary/aromatic N) is 1. The number of nitrogens with one attached hydrogen (secondary N) is 1. The van der Waals surface area contributed by atoms with Gasteiger partial charge < -0.3 is 14.8 Å². The summed E-state index contributed by atoms with van der Waals surface area (Å²) >= 11 is 0. The molecule has 1 unspecified atom stereocenters. The van der Waals surface area contributed by atoms with Crippen molar-refractivity contribution in [2.24, 2.45) is 0 Å². The normalized spacial score (nSPS) is 16.7. The molecule has 0 spiro atoms. The van der Waals surface area contributed by atoms with Crippen LogP contribution in [0.4, 0.5) is 5.69 Å². The summed E-state index contributed by atoms with van der Waals surface area (Å²) in [5.41, 5.74) is 1.43. The zero-order chi connectivity index (χ0) is 22.6. The van der Waals surface area contributed by atoms with Crippen molar-refractivity contribution in [2.75, 3.05) is 25.6 Å². The smallest absolute Gasteiger partial charge is 0.338 e. The van der Waals surface area contributed by atoms with Crippen LogP contribution in [0.5, 0.6) is 5.75 Å². The maximum atomic E-state index is 13.3. The molecule has 8 nitrogen and oxygen atoms in total. The number of anilines is 1. The lowest BCUT2D eigenvalue weighted by molar-refractivity contribution is -0.119. The van der Waals surface area contributed by atoms with Crippen molar-refractivity contribution in [2.45, 2.75) is 37.6 Å². The number of rotatable bonds is 7. The molecule has 31 heavy (non-hydrogen) atoms. The number of ether oxygens (including phenoxy) is 2. The SMILES string of the molecule is CCOC(=O)c1ccc(NC(=O)C2CCCN2S(=O)(=O)c2cc(OC)ccc2C)cc1. The van der Waals surface area contributed by atoms with E-state index in [1.807, 2.05) is 0 Å². The Labute approximate surface area is 182 Å². The summed E-state index contributed by atoms with van der Waals surface area (Å²) in [5, 5.41) is 2.75. The molecule has 0 aliphatic carbocycles. The lowest BCUT2D eigenvalue weighted by Gasteiger charge is -2.24. The first kappa shape index (κ1) is 22.8. The van der Waals surface area contributed by atoms with Crippen molar-refractivity contribution in [1.29, 1.82) is 0 Å². The zero-order valence-corrected chi connectivity index (χ0v) is 18.6. The number of methoxy groups -OCH3 is 1. The molecule has 1 heterocycles. The highest BCUT2D eigenvalue weighted by molar-refractivity contribution is 7.89. The maximum Gasteiger partial charge on any atom is 0.338 e. The predicted molar refractivity (Wildman–Crippen MR) is 116 cm³/mol. The Bertz CT molecular complexity index is 1070. The number of hydrogen-bond acceptors (Lipinski definition) is 6. The van der Waals surface area contributed by atoms with Crippen molar-refractivity contribution < 1.29 is 27.5 Å². The van der Waals surface area contributed by atoms with E-state index in [9.17, 15) is 18.0 Å². The molecule has 1 fully saturated rings. The van der Waals surface area contributed by atoms with Crippen LogP contribution in [0.15, 0.2) is 47.4 Å². The first-order valence-corrected chi connectivity index (χ1v) is 11.5. The van der Waals surface area contributed by atoms with Crippen LogP contribution in [-0.2, 0) is 19.6 Å². The Kier molecular flexibility index (Phi) is 6.97. The fraction of sp³-hybridized carbons (Fsp3) is 0.364. The van der Waals surface area contributed by atoms with Crippen LogP contribution in [0, 0.1) is 6.92 Å². The van der Waals surface area contributed by atoms with E-state index >= 15 is 0 Å². The highest BCUT2D eigenvalue weighted by Gasteiger charge is 2.40. The molecule has 1 N–H and O–H groups in total. The molecule has 0 saturated carbocycles. The number of carbonyl (C=O) groups is 2. The average molecular weight is 447 g/mol. The van der Waals surface area contributed by atoms with Crippen LogP contribution < -0.4 is 10.1 Å². The number of sulfonamides is 1. The van der Waals surface area contributed by atoms with Crippen molar-refractivity contribution in [1.82, 2.24) is 4.31 Å². The summed E-state index contributed by atoms with van der Waals surface area (Å²) in [5.74, 6) is -0.418. The second kappa shape index (κ2) is 9.49. The molecule has 2 aromatic carbocycles. The number of benzene rings is 2. The third kappa shape index (κ3) is 4.88. The second-order valence-electron chi connectivity index (χ2n) is 7.19. The Morgan fingerprint density at radius 2 is 1.87 bits per heavy atom. The summed E-state index contributed by atoms with van der Waals surface area (Å²) in [6.45, 7) is 3.97. The molecular weight excluding hydrogens is 420 g/mol. The fourth-order valence-corrected chi connectivity index (χ4v) is 5.43. The summed E-state index contributed by atoms with van der Waals surface area (Å²) in [4.78, 5) is 24.8. The molecule has 1 aliphatic heterocycles. The van der Waals surface area contributed by atoms with Crippen LogP contribution in [0.1, 0.15) is 35.7 Å². The molecule has 1 aliphatic rings. The maximum absolute atomic E-state index is 13.3. The molecule has 1 atom stereocenters.